The largest absolute Gasteiger partial charge is 0.0616 e. The molecule has 0 nitrogen and oxygen atoms in total. The Hall–Kier alpha value is -5.20. The van der Waals surface area contributed by atoms with Gasteiger partial charge in [0.1, 0.15) is 0 Å². The lowest BCUT2D eigenvalue weighted by Crippen LogP contribution is -2.10. The molecule has 8 aromatic rings. The minimum Gasteiger partial charge on any atom is -0.0616 e. The molecule has 0 N–H and O–H groups in total. The van der Waals surface area contributed by atoms with Gasteiger partial charge in [-0.2, -0.15) is 0 Å². The molecule has 0 heterocycles. The highest BCUT2D eigenvalue weighted by molar-refractivity contribution is 6.13. The van der Waals surface area contributed by atoms with Crippen LogP contribution < -0.4 is 0 Å². The molecule has 0 aliphatic rings. The Morgan fingerprint density at radius 3 is 1.57 bits per heavy atom. The van der Waals surface area contributed by atoms with E-state index >= 15 is 0 Å². The van der Waals surface area contributed by atoms with Crippen LogP contribution in [-0.2, 0) is 5.41 Å². The Kier molecular flexibility index (Phi) is 6.13. The van der Waals surface area contributed by atoms with E-state index in [4.69, 9.17) is 0 Å². The molecule has 44 heavy (non-hydrogen) atoms. The van der Waals surface area contributed by atoms with E-state index in [9.17, 15) is 0 Å². The van der Waals surface area contributed by atoms with Gasteiger partial charge < -0.3 is 0 Å². The first-order valence-electron chi connectivity index (χ1n) is 15.5. The van der Waals surface area contributed by atoms with Crippen LogP contribution in [0.2, 0.25) is 0 Å². The molecule has 0 saturated carbocycles. The zero-order chi connectivity index (χ0) is 29.8. The second-order valence-electron chi connectivity index (χ2n) is 13.1. The standard InChI is InChI=1S/C44H34/c1-44(2,3)39-22-21-29-15-16-35(26-38(29)27-39)34-20-19-32-23-31(17-18-33(32)24-34)30-10-8-11-36(25-30)43-28-37-9-4-5-12-40(37)41-13-6-7-14-42(41)43/h4-28H,1-3H3. The second kappa shape index (κ2) is 10.2. The van der Waals surface area contributed by atoms with Crippen molar-refractivity contribution in [2.45, 2.75) is 26.2 Å². The zero-order valence-electron chi connectivity index (χ0n) is 25.4. The summed E-state index contributed by atoms with van der Waals surface area (Å²) >= 11 is 0. The third kappa shape index (κ3) is 4.64. The van der Waals surface area contributed by atoms with Gasteiger partial charge in [-0.1, -0.05) is 142 Å². The fraction of sp³-hybridized carbons (Fsp3) is 0.0909. The molecule has 0 heteroatoms. The van der Waals surface area contributed by atoms with Crippen LogP contribution in [0.1, 0.15) is 26.3 Å². The quantitative estimate of drug-likeness (QED) is 0.188. The fourth-order valence-electron chi connectivity index (χ4n) is 6.66. The van der Waals surface area contributed by atoms with Crippen LogP contribution in [0.4, 0.5) is 0 Å². The van der Waals surface area contributed by atoms with E-state index in [0.29, 0.717) is 0 Å². The van der Waals surface area contributed by atoms with Crippen molar-refractivity contribution < 1.29 is 0 Å². The summed E-state index contributed by atoms with van der Waals surface area (Å²) < 4.78 is 0. The molecule has 0 bridgehead atoms. The highest BCUT2D eigenvalue weighted by Crippen LogP contribution is 2.37. The highest BCUT2D eigenvalue weighted by Gasteiger charge is 2.14. The van der Waals surface area contributed by atoms with Crippen LogP contribution in [0.25, 0.3) is 76.5 Å². The molecular formula is C44H34. The number of rotatable bonds is 3. The van der Waals surface area contributed by atoms with Crippen molar-refractivity contribution in [2.75, 3.05) is 0 Å². The van der Waals surface area contributed by atoms with Gasteiger partial charge in [-0.3, -0.25) is 0 Å². The molecule has 0 radical (unpaired) electrons. The van der Waals surface area contributed by atoms with Crippen LogP contribution in [0.5, 0.6) is 0 Å². The highest BCUT2D eigenvalue weighted by atomic mass is 14.2. The van der Waals surface area contributed by atoms with Crippen molar-refractivity contribution in [2.24, 2.45) is 0 Å². The molecule has 8 aromatic carbocycles. The molecule has 0 unspecified atom stereocenters. The molecule has 0 fully saturated rings. The summed E-state index contributed by atoms with van der Waals surface area (Å²) in [5, 5.41) is 10.3. The maximum absolute atomic E-state index is 2.35. The van der Waals surface area contributed by atoms with Gasteiger partial charge >= 0.3 is 0 Å². The molecule has 0 atom stereocenters. The Morgan fingerprint density at radius 1 is 0.318 bits per heavy atom. The smallest absolute Gasteiger partial charge is 0.00988 e. The Labute approximate surface area is 259 Å². The van der Waals surface area contributed by atoms with E-state index in [1.54, 1.807) is 0 Å². The van der Waals surface area contributed by atoms with Crippen LogP contribution in [0, 0.1) is 0 Å². The maximum Gasteiger partial charge on any atom is -0.00988 e. The lowest BCUT2D eigenvalue weighted by Gasteiger charge is -2.19. The molecule has 210 valence electrons. The molecule has 0 saturated heterocycles. The number of hydrogen-bond acceptors (Lipinski definition) is 0. The predicted molar refractivity (Wildman–Crippen MR) is 191 cm³/mol. The van der Waals surface area contributed by atoms with Crippen molar-refractivity contribution in [1.82, 2.24) is 0 Å². The summed E-state index contributed by atoms with van der Waals surface area (Å²) in [6.45, 7) is 6.83. The number of benzene rings is 8. The number of hydrogen-bond donors (Lipinski definition) is 0. The molecule has 0 aromatic heterocycles. The van der Waals surface area contributed by atoms with Gasteiger partial charge in [0.15, 0.2) is 0 Å². The average Bonchev–Trinajstić information content (AvgIpc) is 3.06. The first-order valence-corrected chi connectivity index (χ1v) is 15.5. The molecule has 0 spiro atoms. The molecule has 0 aliphatic carbocycles. The monoisotopic (exact) mass is 562 g/mol. The Bertz CT molecular complexity index is 2360. The van der Waals surface area contributed by atoms with Gasteiger partial charge in [0.05, 0.1) is 0 Å². The lowest BCUT2D eigenvalue weighted by molar-refractivity contribution is 0.591. The van der Waals surface area contributed by atoms with Crippen LogP contribution in [0.3, 0.4) is 0 Å². The maximum atomic E-state index is 2.35. The summed E-state index contributed by atoms with van der Waals surface area (Å²) in [4.78, 5) is 0. The van der Waals surface area contributed by atoms with E-state index in [-0.39, 0.29) is 5.41 Å². The summed E-state index contributed by atoms with van der Waals surface area (Å²) in [7, 11) is 0. The Morgan fingerprint density at radius 2 is 0.864 bits per heavy atom. The topological polar surface area (TPSA) is 0 Å². The SMILES string of the molecule is CC(C)(C)c1ccc2ccc(-c3ccc4cc(-c5cccc(-c6cc7ccccc7c7ccccc67)c5)ccc4c3)cc2c1. The van der Waals surface area contributed by atoms with Gasteiger partial charge in [-0.25, -0.2) is 0 Å². The van der Waals surface area contributed by atoms with Crippen molar-refractivity contribution >= 4 is 43.1 Å². The minimum atomic E-state index is 0.133. The summed E-state index contributed by atoms with van der Waals surface area (Å²) in [6.07, 6.45) is 0. The van der Waals surface area contributed by atoms with E-state index in [1.807, 2.05) is 0 Å². The van der Waals surface area contributed by atoms with Crippen LogP contribution in [0.15, 0.2) is 152 Å². The molecule has 0 aliphatic heterocycles. The van der Waals surface area contributed by atoms with Gasteiger partial charge in [0.2, 0.25) is 0 Å². The molecule has 8 rings (SSSR count). The molecular weight excluding hydrogens is 528 g/mol. The molecule has 0 amide bonds. The predicted octanol–water partition coefficient (Wildman–Crippen LogP) is 12.6. The first kappa shape index (κ1) is 26.4. The first-order chi connectivity index (χ1) is 21.4. The fourth-order valence-corrected chi connectivity index (χ4v) is 6.66. The van der Waals surface area contributed by atoms with E-state index in [2.05, 4.69) is 172 Å². The van der Waals surface area contributed by atoms with Crippen LogP contribution in [-0.4, -0.2) is 0 Å². The van der Waals surface area contributed by atoms with Gasteiger partial charge in [-0.15, -0.1) is 0 Å². The Balaban J connectivity index is 1.17. The van der Waals surface area contributed by atoms with Crippen molar-refractivity contribution in [3.05, 3.63) is 157 Å². The van der Waals surface area contributed by atoms with E-state index < -0.39 is 0 Å². The third-order valence-electron chi connectivity index (χ3n) is 9.15. The van der Waals surface area contributed by atoms with Crippen molar-refractivity contribution in [1.29, 1.82) is 0 Å². The normalized spacial score (nSPS) is 12.0. The van der Waals surface area contributed by atoms with Crippen molar-refractivity contribution in [3.63, 3.8) is 0 Å². The van der Waals surface area contributed by atoms with E-state index in [1.165, 1.54) is 82.0 Å². The summed E-state index contributed by atoms with van der Waals surface area (Å²) in [6, 6.07) is 56.2. The van der Waals surface area contributed by atoms with Gasteiger partial charge in [-0.05, 0) is 118 Å². The summed E-state index contributed by atoms with van der Waals surface area (Å²) in [5.41, 5.74) is 8.98. The summed E-state index contributed by atoms with van der Waals surface area (Å²) in [5.74, 6) is 0. The lowest BCUT2D eigenvalue weighted by atomic mass is 9.85. The third-order valence-corrected chi connectivity index (χ3v) is 9.15. The minimum absolute atomic E-state index is 0.133. The van der Waals surface area contributed by atoms with Crippen molar-refractivity contribution in [3.8, 4) is 33.4 Å². The van der Waals surface area contributed by atoms with Gasteiger partial charge in [0, 0.05) is 0 Å². The second-order valence-corrected chi connectivity index (χ2v) is 13.1. The average molecular weight is 563 g/mol. The number of fused-ring (bicyclic) bond motifs is 5. The van der Waals surface area contributed by atoms with E-state index in [0.717, 1.165) is 0 Å². The van der Waals surface area contributed by atoms with Crippen LogP contribution >= 0.6 is 0 Å². The zero-order valence-corrected chi connectivity index (χ0v) is 25.4. The van der Waals surface area contributed by atoms with Gasteiger partial charge in [0.25, 0.3) is 0 Å².